The van der Waals surface area contributed by atoms with Crippen molar-refractivity contribution in [1.82, 2.24) is 5.32 Å². The molecule has 1 aromatic carbocycles. The van der Waals surface area contributed by atoms with E-state index in [9.17, 15) is 4.79 Å². The van der Waals surface area contributed by atoms with Crippen molar-refractivity contribution in [3.8, 4) is 0 Å². The van der Waals surface area contributed by atoms with Gasteiger partial charge in [0, 0.05) is 12.0 Å². The summed E-state index contributed by atoms with van der Waals surface area (Å²) in [5.74, 6) is 0.201. The van der Waals surface area contributed by atoms with Gasteiger partial charge >= 0.3 is 0 Å². The third-order valence-corrected chi connectivity index (χ3v) is 3.72. The molecule has 0 saturated heterocycles. The molecule has 0 bridgehead atoms. The average molecular weight is 262 g/mol. The highest BCUT2D eigenvalue weighted by molar-refractivity contribution is 5.85. The van der Waals surface area contributed by atoms with E-state index in [1.807, 2.05) is 32.0 Å². The van der Waals surface area contributed by atoms with Crippen molar-refractivity contribution in [1.29, 1.82) is 0 Å². The zero-order chi connectivity index (χ0) is 14.5. The second-order valence-electron chi connectivity index (χ2n) is 5.63. The summed E-state index contributed by atoms with van der Waals surface area (Å²) in [6.45, 7) is 7.98. The van der Waals surface area contributed by atoms with Crippen LogP contribution >= 0.6 is 0 Å². The first-order chi connectivity index (χ1) is 8.88. The number of carbonyl (C=O) groups is 1. The number of carbonyl (C=O) groups excluding carboxylic acids is 1. The Balaban J connectivity index is 2.65. The van der Waals surface area contributed by atoms with E-state index in [1.165, 1.54) is 5.56 Å². The summed E-state index contributed by atoms with van der Waals surface area (Å²) < 4.78 is 0. The minimum Gasteiger partial charge on any atom is -0.351 e. The van der Waals surface area contributed by atoms with Crippen LogP contribution in [0, 0.1) is 0 Å². The van der Waals surface area contributed by atoms with Crippen LogP contribution in [0.2, 0.25) is 0 Å². The van der Waals surface area contributed by atoms with Crippen molar-refractivity contribution in [3.63, 3.8) is 0 Å². The smallest absolute Gasteiger partial charge is 0.240 e. The zero-order valence-electron chi connectivity index (χ0n) is 12.4. The maximum Gasteiger partial charge on any atom is 0.240 e. The van der Waals surface area contributed by atoms with E-state index in [4.69, 9.17) is 5.73 Å². The largest absolute Gasteiger partial charge is 0.351 e. The van der Waals surface area contributed by atoms with Crippen LogP contribution < -0.4 is 11.1 Å². The van der Waals surface area contributed by atoms with E-state index in [0.717, 1.165) is 6.42 Å². The van der Waals surface area contributed by atoms with E-state index in [2.05, 4.69) is 24.4 Å². The first-order valence-corrected chi connectivity index (χ1v) is 7.03. The van der Waals surface area contributed by atoms with Gasteiger partial charge in [-0.05, 0) is 25.8 Å². The van der Waals surface area contributed by atoms with Gasteiger partial charge in [0.25, 0.3) is 0 Å². The molecule has 3 nitrogen and oxygen atoms in total. The predicted molar refractivity (Wildman–Crippen MR) is 80.0 cm³/mol. The summed E-state index contributed by atoms with van der Waals surface area (Å²) in [4.78, 5) is 12.2. The van der Waals surface area contributed by atoms with Crippen LogP contribution in [0.25, 0.3) is 0 Å². The number of rotatable bonds is 6. The quantitative estimate of drug-likeness (QED) is 0.828. The molecule has 0 spiro atoms. The Morgan fingerprint density at radius 3 is 2.42 bits per heavy atom. The summed E-state index contributed by atoms with van der Waals surface area (Å²) >= 11 is 0. The zero-order valence-corrected chi connectivity index (χ0v) is 12.4. The molecule has 3 unspecified atom stereocenters. The highest BCUT2D eigenvalue weighted by atomic mass is 16.2. The summed E-state index contributed by atoms with van der Waals surface area (Å²) in [6.07, 6.45) is 1.61. The monoisotopic (exact) mass is 262 g/mol. The second-order valence-corrected chi connectivity index (χ2v) is 5.63. The number of hydrogen-bond donors (Lipinski definition) is 2. The predicted octanol–water partition coefficient (Wildman–Crippen LogP) is 2.81. The highest BCUT2D eigenvalue weighted by Crippen LogP contribution is 2.19. The van der Waals surface area contributed by atoms with Gasteiger partial charge in [0.05, 0.1) is 5.54 Å². The van der Waals surface area contributed by atoms with Gasteiger partial charge in [-0.25, -0.2) is 0 Å². The van der Waals surface area contributed by atoms with Crippen molar-refractivity contribution < 1.29 is 4.79 Å². The number of hydrogen-bond acceptors (Lipinski definition) is 2. The molecule has 0 aliphatic carbocycles. The maximum absolute atomic E-state index is 12.2. The van der Waals surface area contributed by atoms with Crippen molar-refractivity contribution in [2.75, 3.05) is 0 Å². The van der Waals surface area contributed by atoms with E-state index < -0.39 is 5.54 Å². The lowest BCUT2D eigenvalue weighted by Gasteiger charge is -2.28. The molecule has 0 aliphatic heterocycles. The first-order valence-electron chi connectivity index (χ1n) is 7.03. The minimum absolute atomic E-state index is 0.0645. The van der Waals surface area contributed by atoms with E-state index in [-0.39, 0.29) is 17.9 Å². The molecule has 19 heavy (non-hydrogen) atoms. The Kier molecular flexibility index (Phi) is 5.55. The minimum atomic E-state index is -0.778. The molecule has 0 fully saturated rings. The van der Waals surface area contributed by atoms with Crippen molar-refractivity contribution in [2.45, 2.75) is 58.0 Å². The van der Waals surface area contributed by atoms with Gasteiger partial charge in [-0.15, -0.1) is 0 Å². The number of amides is 1. The van der Waals surface area contributed by atoms with Gasteiger partial charge in [0.2, 0.25) is 5.91 Å². The lowest BCUT2D eigenvalue weighted by atomic mass is 9.92. The van der Waals surface area contributed by atoms with Gasteiger partial charge in [0.15, 0.2) is 0 Å². The number of nitrogens with two attached hydrogens (primary N) is 1. The lowest BCUT2D eigenvalue weighted by molar-refractivity contribution is -0.126. The van der Waals surface area contributed by atoms with Crippen LogP contribution in [0.1, 0.15) is 52.0 Å². The standard InChI is InChI=1S/C16H26N2O/c1-5-11-16(4,17)15(19)18-13(3)12(2)14-9-7-6-8-10-14/h6-10,12-13H,5,11,17H2,1-4H3,(H,18,19). The van der Waals surface area contributed by atoms with Gasteiger partial charge in [-0.2, -0.15) is 0 Å². The molecule has 0 saturated carbocycles. The fourth-order valence-corrected chi connectivity index (χ4v) is 2.17. The SMILES string of the molecule is CCCC(C)(N)C(=O)NC(C)C(C)c1ccccc1. The molecule has 0 aliphatic rings. The molecule has 0 heterocycles. The van der Waals surface area contributed by atoms with Crippen molar-refractivity contribution >= 4 is 5.91 Å². The van der Waals surface area contributed by atoms with Gasteiger partial charge in [0.1, 0.15) is 0 Å². The third kappa shape index (κ3) is 4.35. The van der Waals surface area contributed by atoms with Crippen LogP contribution in [0.5, 0.6) is 0 Å². The molecule has 0 aromatic heterocycles. The summed E-state index contributed by atoms with van der Waals surface area (Å²) in [7, 11) is 0. The third-order valence-electron chi connectivity index (χ3n) is 3.72. The molecule has 1 rings (SSSR count). The van der Waals surface area contributed by atoms with E-state index in [1.54, 1.807) is 6.92 Å². The normalized spacial score (nSPS) is 17.3. The molecule has 3 atom stereocenters. The molecule has 3 N–H and O–H groups in total. The summed E-state index contributed by atoms with van der Waals surface area (Å²) in [5, 5.41) is 3.04. The van der Waals surface area contributed by atoms with Crippen molar-refractivity contribution in [2.24, 2.45) is 5.73 Å². The molecular formula is C16H26N2O. The average Bonchev–Trinajstić information content (AvgIpc) is 2.38. The molecule has 106 valence electrons. The topological polar surface area (TPSA) is 55.1 Å². The van der Waals surface area contributed by atoms with E-state index in [0.29, 0.717) is 6.42 Å². The van der Waals surface area contributed by atoms with Gasteiger partial charge in [-0.3, -0.25) is 4.79 Å². The summed E-state index contributed by atoms with van der Waals surface area (Å²) in [6, 6.07) is 10.3. The lowest BCUT2D eigenvalue weighted by Crippen LogP contribution is -2.54. The van der Waals surface area contributed by atoms with Crippen LogP contribution in [0.4, 0.5) is 0 Å². The van der Waals surface area contributed by atoms with Crippen molar-refractivity contribution in [3.05, 3.63) is 35.9 Å². The Bertz CT molecular complexity index is 400. The molecule has 1 amide bonds. The maximum atomic E-state index is 12.2. The molecule has 0 radical (unpaired) electrons. The molecule has 3 heteroatoms. The van der Waals surface area contributed by atoms with Gasteiger partial charge < -0.3 is 11.1 Å². The van der Waals surface area contributed by atoms with Crippen LogP contribution in [0.3, 0.4) is 0 Å². The second kappa shape index (κ2) is 6.71. The van der Waals surface area contributed by atoms with Gasteiger partial charge in [-0.1, -0.05) is 50.6 Å². The van der Waals surface area contributed by atoms with E-state index >= 15 is 0 Å². The molecular weight excluding hydrogens is 236 g/mol. The summed E-state index contributed by atoms with van der Waals surface area (Å²) in [5.41, 5.74) is 6.49. The first kappa shape index (κ1) is 15.7. The highest BCUT2D eigenvalue weighted by Gasteiger charge is 2.29. The molecule has 1 aromatic rings. The Morgan fingerprint density at radius 1 is 1.32 bits per heavy atom. The Labute approximate surface area is 116 Å². The number of benzene rings is 1. The Hall–Kier alpha value is -1.35. The van der Waals surface area contributed by atoms with Crippen LogP contribution in [-0.2, 0) is 4.79 Å². The van der Waals surface area contributed by atoms with Crippen LogP contribution in [0.15, 0.2) is 30.3 Å². The fraction of sp³-hybridized carbons (Fsp3) is 0.562. The Morgan fingerprint density at radius 2 is 1.89 bits per heavy atom. The number of nitrogens with one attached hydrogen (secondary N) is 1. The van der Waals surface area contributed by atoms with Crippen LogP contribution in [-0.4, -0.2) is 17.5 Å². The fourth-order valence-electron chi connectivity index (χ4n) is 2.17.